The maximum absolute atomic E-state index is 13.2. The molecule has 1 N–H and O–H groups in total. The summed E-state index contributed by atoms with van der Waals surface area (Å²) in [7, 11) is 0. The van der Waals surface area contributed by atoms with Crippen LogP contribution in [0.15, 0.2) is 66.4 Å². The average molecular weight is 485 g/mol. The van der Waals surface area contributed by atoms with Crippen LogP contribution in [0, 0.1) is 0 Å². The van der Waals surface area contributed by atoms with Gasteiger partial charge in [0.1, 0.15) is 12.1 Å². The Labute approximate surface area is 209 Å². The third kappa shape index (κ3) is 4.54. The number of amides is 5. The second kappa shape index (κ2) is 9.81. The third-order valence-electron chi connectivity index (χ3n) is 6.92. The lowest BCUT2D eigenvalue weighted by molar-refractivity contribution is -0.135. The van der Waals surface area contributed by atoms with Gasteiger partial charge in [0.2, 0.25) is 5.91 Å². The first-order valence-electron chi connectivity index (χ1n) is 12.2. The van der Waals surface area contributed by atoms with Crippen LogP contribution in [0.2, 0.25) is 0 Å². The Bertz CT molecular complexity index is 1370. The standard InChI is InChI=1S/C28H28N4O4/c1-19-9-7-8-14-31(19)25(33)18-30-17-21(22-12-5-6-13-24(22)30)15-23-26(34)29-28(36)32(27(23)35)16-20-10-3-2-4-11-20/h2-6,10-13,15,17,19H,7-9,14,16,18H2,1H3,(H,29,34,36)/b23-15-. The van der Waals surface area contributed by atoms with Crippen LogP contribution in [0.25, 0.3) is 17.0 Å². The molecule has 1 atom stereocenters. The summed E-state index contributed by atoms with van der Waals surface area (Å²) >= 11 is 0. The van der Waals surface area contributed by atoms with Crippen molar-refractivity contribution >= 4 is 40.7 Å². The number of piperidine rings is 1. The smallest absolute Gasteiger partial charge is 0.331 e. The molecule has 3 heterocycles. The summed E-state index contributed by atoms with van der Waals surface area (Å²) < 4.78 is 1.86. The number of benzene rings is 2. The Hall–Kier alpha value is -4.20. The van der Waals surface area contributed by atoms with Crippen LogP contribution >= 0.6 is 0 Å². The van der Waals surface area contributed by atoms with Crippen molar-refractivity contribution in [3.8, 4) is 0 Å². The van der Waals surface area contributed by atoms with E-state index >= 15 is 0 Å². The van der Waals surface area contributed by atoms with E-state index in [1.54, 1.807) is 6.20 Å². The fraction of sp³-hybridized carbons (Fsp3) is 0.286. The number of para-hydroxylation sites is 1. The Morgan fingerprint density at radius 3 is 2.56 bits per heavy atom. The van der Waals surface area contributed by atoms with Crippen molar-refractivity contribution in [3.05, 3.63) is 77.5 Å². The molecule has 1 aromatic heterocycles. The van der Waals surface area contributed by atoms with E-state index < -0.39 is 17.8 Å². The maximum Gasteiger partial charge on any atom is 0.331 e. The fourth-order valence-electron chi connectivity index (χ4n) is 4.99. The second-order valence-electron chi connectivity index (χ2n) is 9.36. The first kappa shape index (κ1) is 23.5. The number of rotatable bonds is 5. The molecule has 3 aromatic rings. The van der Waals surface area contributed by atoms with Gasteiger partial charge in [0.05, 0.1) is 6.54 Å². The van der Waals surface area contributed by atoms with Crippen molar-refractivity contribution in [1.29, 1.82) is 0 Å². The lowest BCUT2D eigenvalue weighted by Crippen LogP contribution is -2.53. The van der Waals surface area contributed by atoms with Crippen molar-refractivity contribution in [2.75, 3.05) is 6.54 Å². The maximum atomic E-state index is 13.2. The van der Waals surface area contributed by atoms with Crippen LogP contribution in [0.5, 0.6) is 0 Å². The van der Waals surface area contributed by atoms with Gasteiger partial charge in [-0.1, -0.05) is 48.5 Å². The predicted molar refractivity (Wildman–Crippen MR) is 135 cm³/mol. The highest BCUT2D eigenvalue weighted by Gasteiger charge is 2.36. The van der Waals surface area contributed by atoms with Crippen LogP contribution < -0.4 is 5.32 Å². The molecule has 0 bridgehead atoms. The molecule has 0 spiro atoms. The molecule has 184 valence electrons. The number of hydrogen-bond acceptors (Lipinski definition) is 4. The minimum Gasteiger partial charge on any atom is -0.338 e. The topological polar surface area (TPSA) is 91.7 Å². The minimum absolute atomic E-state index is 0.0493. The van der Waals surface area contributed by atoms with E-state index in [2.05, 4.69) is 12.2 Å². The summed E-state index contributed by atoms with van der Waals surface area (Å²) in [5.41, 5.74) is 2.13. The van der Waals surface area contributed by atoms with E-state index in [0.717, 1.165) is 47.2 Å². The molecule has 2 aliphatic heterocycles. The summed E-state index contributed by atoms with van der Waals surface area (Å²) in [4.78, 5) is 54.4. The van der Waals surface area contributed by atoms with E-state index in [1.807, 2.05) is 64.1 Å². The van der Waals surface area contributed by atoms with E-state index in [9.17, 15) is 19.2 Å². The first-order valence-corrected chi connectivity index (χ1v) is 12.2. The molecule has 0 saturated carbocycles. The molecule has 5 amide bonds. The summed E-state index contributed by atoms with van der Waals surface area (Å²) in [5, 5.41) is 3.09. The van der Waals surface area contributed by atoms with Gasteiger partial charge in [-0.25, -0.2) is 4.79 Å². The zero-order valence-electron chi connectivity index (χ0n) is 20.1. The second-order valence-corrected chi connectivity index (χ2v) is 9.36. The minimum atomic E-state index is -0.741. The van der Waals surface area contributed by atoms with Gasteiger partial charge in [0.15, 0.2) is 0 Å². The van der Waals surface area contributed by atoms with Crippen LogP contribution in [0.4, 0.5) is 4.79 Å². The van der Waals surface area contributed by atoms with Crippen molar-refractivity contribution in [2.45, 2.75) is 45.3 Å². The van der Waals surface area contributed by atoms with E-state index in [-0.39, 0.29) is 30.6 Å². The number of aromatic nitrogens is 1. The summed E-state index contributed by atoms with van der Waals surface area (Å²) in [6.45, 7) is 3.07. The van der Waals surface area contributed by atoms with Gasteiger partial charge in [0.25, 0.3) is 11.8 Å². The van der Waals surface area contributed by atoms with E-state index in [1.165, 1.54) is 6.08 Å². The quantitative estimate of drug-likeness (QED) is 0.442. The molecule has 2 aromatic carbocycles. The Morgan fingerprint density at radius 1 is 1.03 bits per heavy atom. The molecular formula is C28H28N4O4. The average Bonchev–Trinajstić information content (AvgIpc) is 3.22. The van der Waals surface area contributed by atoms with Gasteiger partial charge in [-0.2, -0.15) is 0 Å². The molecule has 0 aliphatic carbocycles. The first-order chi connectivity index (χ1) is 17.4. The third-order valence-corrected chi connectivity index (χ3v) is 6.92. The Balaban J connectivity index is 1.46. The number of nitrogens with one attached hydrogen (secondary N) is 1. The molecule has 5 rings (SSSR count). The number of hydrogen-bond donors (Lipinski definition) is 1. The number of urea groups is 1. The SMILES string of the molecule is CC1CCCCN1C(=O)Cn1cc(/C=C2/C(=O)NC(=O)N(Cc3ccccc3)C2=O)c2ccccc21. The Morgan fingerprint density at radius 2 is 1.78 bits per heavy atom. The fourth-order valence-corrected chi connectivity index (χ4v) is 4.99. The number of likely N-dealkylation sites (tertiary alicyclic amines) is 1. The zero-order chi connectivity index (χ0) is 25.2. The van der Waals surface area contributed by atoms with Gasteiger partial charge in [-0.05, 0) is 43.9 Å². The Kier molecular flexibility index (Phi) is 6.41. The molecule has 36 heavy (non-hydrogen) atoms. The molecule has 2 fully saturated rings. The van der Waals surface area contributed by atoms with E-state index in [4.69, 9.17) is 0 Å². The zero-order valence-corrected chi connectivity index (χ0v) is 20.1. The number of carbonyl (C=O) groups excluding carboxylic acids is 4. The highest BCUT2D eigenvalue weighted by molar-refractivity contribution is 6.31. The largest absolute Gasteiger partial charge is 0.338 e. The molecule has 0 radical (unpaired) electrons. The van der Waals surface area contributed by atoms with Crippen LogP contribution in [0.3, 0.4) is 0 Å². The molecule has 2 aliphatic rings. The van der Waals surface area contributed by atoms with Crippen molar-refractivity contribution in [2.24, 2.45) is 0 Å². The molecule has 8 heteroatoms. The number of barbiturate groups is 1. The van der Waals surface area contributed by atoms with Crippen molar-refractivity contribution in [3.63, 3.8) is 0 Å². The highest BCUT2D eigenvalue weighted by atomic mass is 16.2. The number of nitrogens with zero attached hydrogens (tertiary/aromatic N) is 3. The van der Waals surface area contributed by atoms with Crippen molar-refractivity contribution < 1.29 is 19.2 Å². The van der Waals surface area contributed by atoms with Gasteiger partial charge in [-0.15, -0.1) is 0 Å². The number of fused-ring (bicyclic) bond motifs is 1. The van der Waals surface area contributed by atoms with Gasteiger partial charge in [0, 0.05) is 35.2 Å². The number of imide groups is 2. The summed E-state index contributed by atoms with van der Waals surface area (Å²) in [6.07, 6.45) is 6.45. The van der Waals surface area contributed by atoms with Crippen molar-refractivity contribution in [1.82, 2.24) is 19.7 Å². The molecule has 8 nitrogen and oxygen atoms in total. The van der Waals surface area contributed by atoms with Crippen LogP contribution in [-0.2, 0) is 27.5 Å². The van der Waals surface area contributed by atoms with E-state index in [0.29, 0.717) is 5.56 Å². The lowest BCUT2D eigenvalue weighted by Gasteiger charge is -2.33. The van der Waals surface area contributed by atoms with Crippen LogP contribution in [0.1, 0.15) is 37.3 Å². The monoisotopic (exact) mass is 484 g/mol. The number of carbonyl (C=O) groups is 4. The summed E-state index contributed by atoms with van der Waals surface area (Å²) in [5.74, 6) is -1.33. The lowest BCUT2D eigenvalue weighted by atomic mass is 10.0. The van der Waals surface area contributed by atoms with Gasteiger partial charge >= 0.3 is 6.03 Å². The summed E-state index contributed by atoms with van der Waals surface area (Å²) in [6, 6.07) is 16.2. The highest BCUT2D eigenvalue weighted by Crippen LogP contribution is 2.26. The molecular weight excluding hydrogens is 456 g/mol. The predicted octanol–water partition coefficient (Wildman–Crippen LogP) is 3.70. The van der Waals surface area contributed by atoms with Gasteiger partial charge in [-0.3, -0.25) is 24.6 Å². The van der Waals surface area contributed by atoms with Gasteiger partial charge < -0.3 is 9.47 Å². The normalized spacial score (nSPS) is 19.8. The van der Waals surface area contributed by atoms with Crippen LogP contribution in [-0.4, -0.2) is 50.7 Å². The molecule has 1 unspecified atom stereocenters. The molecule has 2 saturated heterocycles.